The highest BCUT2D eigenvalue weighted by atomic mass is 16.5. The fraction of sp³-hybridized carbons (Fsp3) is 0.192. The van der Waals surface area contributed by atoms with Gasteiger partial charge in [0, 0.05) is 28.8 Å². The molecule has 5 rings (SSSR count). The number of aromatic nitrogens is 1. The molecular formula is C26H25N3O3. The molecule has 6 nitrogen and oxygen atoms in total. The van der Waals surface area contributed by atoms with Crippen molar-refractivity contribution < 1.29 is 14.3 Å². The Kier molecular flexibility index (Phi) is 5.19. The largest absolute Gasteiger partial charge is 0.497 e. The number of nitrogens with zero attached hydrogens (tertiary/aromatic N) is 1. The van der Waals surface area contributed by atoms with Crippen molar-refractivity contribution in [3.63, 3.8) is 0 Å². The second-order valence-electron chi connectivity index (χ2n) is 7.84. The summed E-state index contributed by atoms with van der Waals surface area (Å²) in [6, 6.07) is 23.1. The van der Waals surface area contributed by atoms with E-state index in [1.54, 1.807) is 14.2 Å². The van der Waals surface area contributed by atoms with Gasteiger partial charge in [-0.05, 0) is 60.0 Å². The van der Waals surface area contributed by atoms with Gasteiger partial charge in [0.05, 0.1) is 20.3 Å². The molecule has 3 aromatic carbocycles. The number of urea groups is 1. The van der Waals surface area contributed by atoms with Crippen LogP contribution in [0.5, 0.6) is 11.5 Å². The van der Waals surface area contributed by atoms with Crippen molar-refractivity contribution in [2.75, 3.05) is 26.1 Å². The third kappa shape index (κ3) is 3.54. The Morgan fingerprint density at radius 1 is 0.969 bits per heavy atom. The average molecular weight is 428 g/mol. The van der Waals surface area contributed by atoms with E-state index in [0.29, 0.717) is 6.54 Å². The summed E-state index contributed by atoms with van der Waals surface area (Å²) in [7, 11) is 3.33. The van der Waals surface area contributed by atoms with Gasteiger partial charge >= 0.3 is 6.03 Å². The molecule has 0 bridgehead atoms. The summed E-state index contributed by atoms with van der Waals surface area (Å²) in [5, 5.41) is 4.18. The van der Waals surface area contributed by atoms with Crippen LogP contribution >= 0.6 is 0 Å². The van der Waals surface area contributed by atoms with Crippen molar-refractivity contribution in [2.24, 2.45) is 0 Å². The maximum Gasteiger partial charge on any atom is 0.322 e. The third-order valence-corrected chi connectivity index (χ3v) is 6.05. The van der Waals surface area contributed by atoms with Crippen molar-refractivity contribution in [1.82, 2.24) is 9.88 Å². The molecule has 4 aromatic rings. The van der Waals surface area contributed by atoms with E-state index in [9.17, 15) is 4.79 Å². The smallest absolute Gasteiger partial charge is 0.322 e. The molecule has 32 heavy (non-hydrogen) atoms. The number of carbonyl (C=O) groups is 1. The van der Waals surface area contributed by atoms with Gasteiger partial charge in [-0.1, -0.05) is 30.3 Å². The summed E-state index contributed by atoms with van der Waals surface area (Å²) >= 11 is 0. The number of H-pyrrole nitrogens is 1. The Labute approximate surface area is 186 Å². The highest BCUT2D eigenvalue weighted by Gasteiger charge is 2.34. The fourth-order valence-electron chi connectivity index (χ4n) is 4.46. The molecule has 2 N–H and O–H groups in total. The number of nitrogens with one attached hydrogen (secondary N) is 2. The first-order valence-corrected chi connectivity index (χ1v) is 10.6. The first kappa shape index (κ1) is 20.0. The van der Waals surface area contributed by atoms with E-state index < -0.39 is 0 Å². The van der Waals surface area contributed by atoms with Crippen LogP contribution in [-0.4, -0.2) is 36.7 Å². The third-order valence-electron chi connectivity index (χ3n) is 6.05. The molecule has 6 heteroatoms. The van der Waals surface area contributed by atoms with Crippen molar-refractivity contribution in [2.45, 2.75) is 12.5 Å². The summed E-state index contributed by atoms with van der Waals surface area (Å²) in [6.07, 6.45) is 0.761. The fourth-order valence-corrected chi connectivity index (χ4v) is 4.46. The predicted molar refractivity (Wildman–Crippen MR) is 126 cm³/mol. The summed E-state index contributed by atoms with van der Waals surface area (Å²) in [5.74, 6) is 1.61. The summed E-state index contributed by atoms with van der Waals surface area (Å²) in [4.78, 5) is 18.8. The van der Waals surface area contributed by atoms with Crippen LogP contribution in [0.2, 0.25) is 0 Å². The normalized spacial score (nSPS) is 15.3. The number of benzene rings is 3. The number of carbonyl (C=O) groups excluding carboxylic acids is 1. The van der Waals surface area contributed by atoms with Crippen molar-refractivity contribution in [3.8, 4) is 11.5 Å². The molecule has 0 aliphatic carbocycles. The van der Waals surface area contributed by atoms with Gasteiger partial charge in [-0.2, -0.15) is 0 Å². The maximum absolute atomic E-state index is 13.4. The van der Waals surface area contributed by atoms with Gasteiger partial charge < -0.3 is 24.7 Å². The predicted octanol–water partition coefficient (Wildman–Crippen LogP) is 5.36. The van der Waals surface area contributed by atoms with Gasteiger partial charge in [-0.15, -0.1) is 0 Å². The van der Waals surface area contributed by atoms with Gasteiger partial charge in [0.2, 0.25) is 0 Å². The van der Waals surface area contributed by atoms with Crippen LogP contribution in [0.1, 0.15) is 22.9 Å². The minimum atomic E-state index is -0.244. The molecule has 162 valence electrons. The molecule has 2 amide bonds. The lowest BCUT2D eigenvalue weighted by Gasteiger charge is -2.36. The summed E-state index contributed by atoms with van der Waals surface area (Å²) in [5.41, 5.74) is 5.10. The number of ether oxygens (including phenoxy) is 2. The van der Waals surface area contributed by atoms with Crippen LogP contribution in [0.3, 0.4) is 0 Å². The van der Waals surface area contributed by atoms with E-state index >= 15 is 0 Å². The van der Waals surface area contributed by atoms with Crippen molar-refractivity contribution in [3.05, 3.63) is 89.6 Å². The van der Waals surface area contributed by atoms with Crippen LogP contribution in [0.25, 0.3) is 10.9 Å². The van der Waals surface area contributed by atoms with Crippen molar-refractivity contribution >= 4 is 22.6 Å². The highest BCUT2D eigenvalue weighted by Crippen LogP contribution is 2.40. The molecule has 0 saturated heterocycles. The SMILES string of the molecule is COc1ccc([C@H]2c3[nH]c4ccc(OC)cc4c3CCN2C(=O)Nc2ccccc2)cc1. The quantitative estimate of drug-likeness (QED) is 0.460. The van der Waals surface area contributed by atoms with E-state index in [-0.39, 0.29) is 12.1 Å². The highest BCUT2D eigenvalue weighted by molar-refractivity contribution is 5.91. The molecule has 0 radical (unpaired) electrons. The molecule has 2 heterocycles. The van der Waals surface area contributed by atoms with Gasteiger partial charge in [0.25, 0.3) is 0 Å². The van der Waals surface area contributed by atoms with E-state index in [1.165, 1.54) is 5.56 Å². The number of hydrogen-bond acceptors (Lipinski definition) is 3. The van der Waals surface area contributed by atoms with Gasteiger partial charge in [0.15, 0.2) is 0 Å². The van der Waals surface area contributed by atoms with Crippen LogP contribution in [0, 0.1) is 0 Å². The molecule has 0 unspecified atom stereocenters. The number of rotatable bonds is 4. The monoisotopic (exact) mass is 427 g/mol. The number of fused-ring (bicyclic) bond motifs is 3. The van der Waals surface area contributed by atoms with Gasteiger partial charge in [0.1, 0.15) is 11.5 Å². The van der Waals surface area contributed by atoms with E-state index in [4.69, 9.17) is 9.47 Å². The number of para-hydroxylation sites is 1. The Morgan fingerprint density at radius 2 is 1.69 bits per heavy atom. The molecule has 0 fully saturated rings. The number of methoxy groups -OCH3 is 2. The topological polar surface area (TPSA) is 66.6 Å². The van der Waals surface area contributed by atoms with Crippen LogP contribution in [0.15, 0.2) is 72.8 Å². The van der Waals surface area contributed by atoms with Crippen LogP contribution in [0.4, 0.5) is 10.5 Å². The Morgan fingerprint density at radius 3 is 2.41 bits per heavy atom. The lowest BCUT2D eigenvalue weighted by atomic mass is 9.92. The maximum atomic E-state index is 13.4. The van der Waals surface area contributed by atoms with Crippen LogP contribution in [-0.2, 0) is 6.42 Å². The lowest BCUT2D eigenvalue weighted by Crippen LogP contribution is -2.43. The average Bonchev–Trinajstić information content (AvgIpc) is 3.22. The molecule has 0 spiro atoms. The minimum absolute atomic E-state index is 0.126. The second kappa shape index (κ2) is 8.30. The van der Waals surface area contributed by atoms with E-state index in [0.717, 1.165) is 45.8 Å². The number of anilines is 1. The molecule has 1 aliphatic heterocycles. The second-order valence-corrected chi connectivity index (χ2v) is 7.84. The zero-order valence-corrected chi connectivity index (χ0v) is 18.1. The molecule has 1 aromatic heterocycles. The first-order valence-electron chi connectivity index (χ1n) is 10.6. The summed E-state index contributed by atoms with van der Waals surface area (Å²) in [6.45, 7) is 0.604. The Hall–Kier alpha value is -3.93. The molecule has 1 atom stereocenters. The van der Waals surface area contributed by atoms with Crippen molar-refractivity contribution in [1.29, 1.82) is 0 Å². The minimum Gasteiger partial charge on any atom is -0.497 e. The number of amides is 2. The van der Waals surface area contributed by atoms with E-state index in [1.807, 2.05) is 71.6 Å². The summed E-state index contributed by atoms with van der Waals surface area (Å²) < 4.78 is 10.8. The zero-order chi connectivity index (χ0) is 22.1. The number of aromatic amines is 1. The van der Waals surface area contributed by atoms with Gasteiger partial charge in [-0.3, -0.25) is 0 Å². The lowest BCUT2D eigenvalue weighted by molar-refractivity contribution is 0.193. The Balaban J connectivity index is 1.59. The molecule has 1 aliphatic rings. The van der Waals surface area contributed by atoms with Crippen LogP contribution < -0.4 is 14.8 Å². The Bertz CT molecular complexity index is 1250. The zero-order valence-electron chi connectivity index (χ0n) is 18.1. The molecule has 0 saturated carbocycles. The van der Waals surface area contributed by atoms with Gasteiger partial charge in [-0.25, -0.2) is 4.79 Å². The van der Waals surface area contributed by atoms with E-state index in [2.05, 4.69) is 16.4 Å². The first-order chi connectivity index (χ1) is 15.7. The number of hydrogen-bond donors (Lipinski definition) is 2. The molecular weight excluding hydrogens is 402 g/mol. The standard InChI is InChI=1S/C26H25N3O3/c1-31-19-10-8-17(9-11-19)25-24-21(22-16-20(32-2)12-13-23(22)28-24)14-15-29(25)26(30)27-18-6-4-3-5-7-18/h3-13,16,25,28H,14-15H2,1-2H3,(H,27,30)/t25-/m0/s1.